The van der Waals surface area contributed by atoms with Crippen LogP contribution in [0.2, 0.25) is 0 Å². The second-order valence-electron chi connectivity index (χ2n) is 4.64. The lowest BCUT2D eigenvalue weighted by atomic mass is 10.00. The Labute approximate surface area is 88.3 Å². The van der Waals surface area contributed by atoms with Crippen LogP contribution in [0.15, 0.2) is 0 Å². The highest BCUT2D eigenvalue weighted by Crippen LogP contribution is 2.37. The van der Waals surface area contributed by atoms with E-state index < -0.39 is 12.1 Å². The molecule has 0 bridgehead atoms. The van der Waals surface area contributed by atoms with Crippen molar-refractivity contribution >= 4 is 5.97 Å². The summed E-state index contributed by atoms with van der Waals surface area (Å²) in [4.78, 5) is 12.4. The van der Waals surface area contributed by atoms with Crippen LogP contribution >= 0.6 is 0 Å². The third kappa shape index (κ3) is 2.14. The summed E-state index contributed by atoms with van der Waals surface area (Å²) in [6.45, 7) is 1.71. The van der Waals surface area contributed by atoms with E-state index in [-0.39, 0.29) is 18.6 Å². The summed E-state index contributed by atoms with van der Waals surface area (Å²) in [5.41, 5.74) is 0. The molecule has 5 heteroatoms. The minimum atomic E-state index is -1.30. The Morgan fingerprint density at radius 1 is 1.40 bits per heavy atom. The first-order valence-electron chi connectivity index (χ1n) is 5.39. The lowest BCUT2D eigenvalue weighted by molar-refractivity contribution is -0.147. The van der Waals surface area contributed by atoms with E-state index in [4.69, 9.17) is 5.11 Å². The van der Waals surface area contributed by atoms with Gasteiger partial charge < -0.3 is 15.3 Å². The number of likely N-dealkylation sites (tertiary alicyclic amines) is 1. The predicted molar refractivity (Wildman–Crippen MR) is 52.3 cm³/mol. The maximum Gasteiger partial charge on any atom is 0.333 e. The molecule has 0 aromatic heterocycles. The molecule has 1 saturated carbocycles. The summed E-state index contributed by atoms with van der Waals surface area (Å²) in [6, 6.07) is 0. The number of hydrogen-bond donors (Lipinski definition) is 3. The molecule has 5 nitrogen and oxygen atoms in total. The van der Waals surface area contributed by atoms with Crippen LogP contribution in [-0.2, 0) is 4.79 Å². The summed E-state index contributed by atoms with van der Waals surface area (Å²) in [5.74, 6) is -0.403. The molecule has 0 spiro atoms. The average Bonchev–Trinajstić information content (AvgIpc) is 2.69. The first-order valence-corrected chi connectivity index (χ1v) is 5.39. The van der Waals surface area contributed by atoms with Gasteiger partial charge in [0.25, 0.3) is 0 Å². The summed E-state index contributed by atoms with van der Waals surface area (Å²) in [7, 11) is 0. The largest absolute Gasteiger partial charge is 0.479 e. The Hall–Kier alpha value is -0.650. The minimum absolute atomic E-state index is 0.176. The number of aliphatic hydroxyl groups is 2. The van der Waals surface area contributed by atoms with Crippen LogP contribution in [0.3, 0.4) is 0 Å². The zero-order chi connectivity index (χ0) is 11.0. The molecular weight excluding hydrogens is 198 g/mol. The molecule has 0 amide bonds. The molecule has 2 rings (SSSR count). The minimum Gasteiger partial charge on any atom is -0.479 e. The molecule has 0 aromatic carbocycles. The molecule has 1 saturated heterocycles. The number of carboxylic acids is 1. The smallest absolute Gasteiger partial charge is 0.333 e. The van der Waals surface area contributed by atoms with Gasteiger partial charge in [-0.25, -0.2) is 4.79 Å². The molecule has 1 aliphatic heterocycles. The van der Waals surface area contributed by atoms with Crippen LogP contribution in [0.4, 0.5) is 0 Å². The van der Waals surface area contributed by atoms with Crippen LogP contribution < -0.4 is 0 Å². The fourth-order valence-electron chi connectivity index (χ4n) is 2.80. The van der Waals surface area contributed by atoms with Crippen molar-refractivity contribution in [3.8, 4) is 0 Å². The first-order chi connectivity index (χ1) is 7.08. The highest BCUT2D eigenvalue weighted by Gasteiger charge is 2.42. The van der Waals surface area contributed by atoms with E-state index in [0.717, 1.165) is 25.9 Å². The van der Waals surface area contributed by atoms with Gasteiger partial charge in [0, 0.05) is 25.6 Å². The monoisotopic (exact) mass is 215 g/mol. The summed E-state index contributed by atoms with van der Waals surface area (Å²) >= 11 is 0. The number of carbonyl (C=O) groups is 1. The molecule has 0 aromatic rings. The predicted octanol–water partition coefficient (Wildman–Crippen LogP) is -0.865. The SMILES string of the molecule is O=C(O)C(O)CN1CC2CCC(O)C2C1. The van der Waals surface area contributed by atoms with Crippen molar-refractivity contribution < 1.29 is 20.1 Å². The number of rotatable bonds is 3. The fraction of sp³-hybridized carbons (Fsp3) is 0.900. The maximum atomic E-state index is 10.5. The van der Waals surface area contributed by atoms with Gasteiger partial charge in [-0.15, -0.1) is 0 Å². The van der Waals surface area contributed by atoms with Gasteiger partial charge in [0.15, 0.2) is 6.10 Å². The number of carboxylic acid groups (broad SMARTS) is 1. The average molecular weight is 215 g/mol. The lowest BCUT2D eigenvalue weighted by Gasteiger charge is -2.19. The number of aliphatic carboxylic acids is 1. The Morgan fingerprint density at radius 2 is 2.13 bits per heavy atom. The second-order valence-corrected chi connectivity index (χ2v) is 4.64. The molecular formula is C10H17NO4. The van der Waals surface area contributed by atoms with E-state index >= 15 is 0 Å². The quantitative estimate of drug-likeness (QED) is 0.570. The van der Waals surface area contributed by atoms with Gasteiger partial charge in [0.1, 0.15) is 0 Å². The number of hydrogen-bond acceptors (Lipinski definition) is 4. The molecule has 0 radical (unpaired) electrons. The Bertz CT molecular complexity index is 258. The number of β-amino-alcohol motifs (C(OH)–C–C–N with tert-alkyl or cyclic N) is 1. The third-order valence-corrected chi connectivity index (χ3v) is 3.61. The third-order valence-electron chi connectivity index (χ3n) is 3.61. The van der Waals surface area contributed by atoms with Crippen molar-refractivity contribution in [2.45, 2.75) is 25.0 Å². The van der Waals surface area contributed by atoms with Gasteiger partial charge in [-0.1, -0.05) is 0 Å². The van der Waals surface area contributed by atoms with E-state index in [1.54, 1.807) is 0 Å². The topological polar surface area (TPSA) is 81.0 Å². The number of fused-ring (bicyclic) bond motifs is 1. The summed E-state index contributed by atoms with van der Waals surface area (Å²) in [6.07, 6.45) is 0.346. The van der Waals surface area contributed by atoms with Gasteiger partial charge in [0.2, 0.25) is 0 Å². The molecule has 3 N–H and O–H groups in total. The van der Waals surface area contributed by atoms with Gasteiger partial charge in [-0.05, 0) is 18.8 Å². The molecule has 4 atom stereocenters. The van der Waals surface area contributed by atoms with Crippen molar-refractivity contribution in [1.29, 1.82) is 0 Å². The normalized spacial score (nSPS) is 37.9. The van der Waals surface area contributed by atoms with Gasteiger partial charge >= 0.3 is 5.97 Å². The van der Waals surface area contributed by atoms with E-state index in [2.05, 4.69) is 0 Å². The first kappa shape index (κ1) is 10.9. The van der Waals surface area contributed by atoms with Gasteiger partial charge in [-0.2, -0.15) is 0 Å². The van der Waals surface area contributed by atoms with Crippen LogP contribution in [0.25, 0.3) is 0 Å². The zero-order valence-corrected chi connectivity index (χ0v) is 8.54. The van der Waals surface area contributed by atoms with Gasteiger partial charge in [0.05, 0.1) is 6.10 Å². The number of aliphatic hydroxyl groups excluding tert-OH is 2. The van der Waals surface area contributed by atoms with Crippen molar-refractivity contribution in [2.24, 2.45) is 11.8 Å². The van der Waals surface area contributed by atoms with Crippen LogP contribution in [0.1, 0.15) is 12.8 Å². The van der Waals surface area contributed by atoms with Crippen molar-refractivity contribution in [1.82, 2.24) is 4.90 Å². The van der Waals surface area contributed by atoms with E-state index in [1.165, 1.54) is 0 Å². The molecule has 1 aliphatic carbocycles. The Kier molecular flexibility index (Phi) is 2.95. The van der Waals surface area contributed by atoms with E-state index in [0.29, 0.717) is 5.92 Å². The van der Waals surface area contributed by atoms with E-state index in [1.807, 2.05) is 4.90 Å². The molecule has 2 aliphatic rings. The standard InChI is InChI=1S/C10H17NO4/c12-8-2-1-6-3-11(4-7(6)8)5-9(13)10(14)15/h6-9,12-13H,1-5H2,(H,14,15). The second kappa shape index (κ2) is 4.08. The van der Waals surface area contributed by atoms with Crippen LogP contribution in [-0.4, -0.2) is 58.0 Å². The van der Waals surface area contributed by atoms with Crippen molar-refractivity contribution in [2.75, 3.05) is 19.6 Å². The highest BCUT2D eigenvalue weighted by atomic mass is 16.4. The molecule has 15 heavy (non-hydrogen) atoms. The zero-order valence-electron chi connectivity index (χ0n) is 8.54. The number of nitrogens with zero attached hydrogens (tertiary/aromatic N) is 1. The molecule has 86 valence electrons. The Morgan fingerprint density at radius 3 is 2.73 bits per heavy atom. The lowest BCUT2D eigenvalue weighted by Crippen LogP contribution is -2.36. The van der Waals surface area contributed by atoms with E-state index in [9.17, 15) is 15.0 Å². The summed E-state index contributed by atoms with van der Waals surface area (Å²) in [5, 5.41) is 27.4. The van der Waals surface area contributed by atoms with Crippen molar-refractivity contribution in [3.05, 3.63) is 0 Å². The van der Waals surface area contributed by atoms with Crippen LogP contribution in [0, 0.1) is 11.8 Å². The van der Waals surface area contributed by atoms with Gasteiger partial charge in [-0.3, -0.25) is 4.90 Å². The molecule has 1 heterocycles. The fourth-order valence-corrected chi connectivity index (χ4v) is 2.80. The van der Waals surface area contributed by atoms with Crippen molar-refractivity contribution in [3.63, 3.8) is 0 Å². The Balaban J connectivity index is 1.86. The molecule has 4 unspecified atom stereocenters. The van der Waals surface area contributed by atoms with Crippen LogP contribution in [0.5, 0.6) is 0 Å². The molecule has 2 fully saturated rings. The summed E-state index contributed by atoms with van der Waals surface area (Å²) < 4.78 is 0. The highest BCUT2D eigenvalue weighted by molar-refractivity contribution is 5.72. The maximum absolute atomic E-state index is 10.5.